The number of nitrogens with zero attached hydrogens (tertiary/aromatic N) is 3. The molecule has 2 unspecified atom stereocenters. The van der Waals surface area contributed by atoms with Crippen LogP contribution in [0.1, 0.15) is 32.1 Å². The van der Waals surface area contributed by atoms with Gasteiger partial charge in [0.05, 0.1) is 0 Å². The third-order valence-electron chi connectivity index (χ3n) is 2.51. The summed E-state index contributed by atoms with van der Waals surface area (Å²) < 4.78 is 0. The summed E-state index contributed by atoms with van der Waals surface area (Å²) in [4.78, 5) is 13.2. The van der Waals surface area contributed by atoms with Gasteiger partial charge in [-0.25, -0.2) is 0 Å². The van der Waals surface area contributed by atoms with Crippen molar-refractivity contribution < 1.29 is 9.90 Å². The Labute approximate surface area is 76.4 Å². The normalized spacial score (nSPS) is 27.7. The molecule has 0 heterocycles. The third-order valence-corrected chi connectivity index (χ3v) is 2.51. The van der Waals surface area contributed by atoms with Crippen molar-refractivity contribution >= 4 is 5.97 Å². The molecule has 0 bridgehead atoms. The van der Waals surface area contributed by atoms with Gasteiger partial charge in [-0.05, 0) is 24.3 Å². The first-order valence-electron chi connectivity index (χ1n) is 4.50. The second-order valence-electron chi connectivity index (χ2n) is 3.41. The lowest BCUT2D eigenvalue weighted by Crippen LogP contribution is -2.24. The molecule has 1 aliphatic rings. The van der Waals surface area contributed by atoms with Crippen molar-refractivity contribution in [2.45, 2.75) is 38.1 Å². The van der Waals surface area contributed by atoms with Crippen molar-refractivity contribution in [1.29, 1.82) is 0 Å². The molecule has 0 aromatic heterocycles. The highest BCUT2D eigenvalue weighted by molar-refractivity contribution is 5.67. The van der Waals surface area contributed by atoms with Gasteiger partial charge >= 0.3 is 5.97 Å². The van der Waals surface area contributed by atoms with E-state index in [1.807, 2.05) is 0 Å². The topological polar surface area (TPSA) is 86.1 Å². The van der Waals surface area contributed by atoms with Crippen molar-refractivity contribution in [2.24, 2.45) is 11.0 Å². The summed E-state index contributed by atoms with van der Waals surface area (Å²) in [6.45, 7) is 0. The van der Waals surface area contributed by atoms with Crippen LogP contribution in [0, 0.1) is 5.92 Å². The highest BCUT2D eigenvalue weighted by Crippen LogP contribution is 2.29. The Hall–Kier alpha value is -1.22. The fourth-order valence-corrected chi connectivity index (χ4v) is 1.87. The standard InChI is InChI=1S/C8H13N3O2/c9-11-10-7-4-2-1-3-6(7)5-8(12)13/h6-7H,1-5H2,(H,12,13). The minimum absolute atomic E-state index is 0.0437. The zero-order valence-electron chi connectivity index (χ0n) is 7.39. The summed E-state index contributed by atoms with van der Waals surface area (Å²) in [5.41, 5.74) is 8.28. The number of rotatable bonds is 3. The van der Waals surface area contributed by atoms with Crippen LogP contribution in [0.4, 0.5) is 0 Å². The SMILES string of the molecule is [N-]=[N+]=NC1CCCCC1CC(=O)O. The van der Waals surface area contributed by atoms with E-state index in [9.17, 15) is 4.79 Å². The maximum atomic E-state index is 10.5. The Morgan fingerprint density at radius 2 is 2.23 bits per heavy atom. The molecule has 0 aliphatic heterocycles. The van der Waals surface area contributed by atoms with E-state index in [4.69, 9.17) is 10.6 Å². The van der Waals surface area contributed by atoms with E-state index in [0.29, 0.717) is 0 Å². The smallest absolute Gasteiger partial charge is 0.303 e. The molecule has 1 fully saturated rings. The van der Waals surface area contributed by atoms with Gasteiger partial charge in [0.2, 0.25) is 0 Å². The van der Waals surface area contributed by atoms with Crippen LogP contribution in [-0.2, 0) is 4.79 Å². The Balaban J connectivity index is 2.55. The number of hydrogen-bond acceptors (Lipinski definition) is 2. The maximum absolute atomic E-state index is 10.5. The van der Waals surface area contributed by atoms with Crippen LogP contribution in [0.2, 0.25) is 0 Å². The van der Waals surface area contributed by atoms with Gasteiger partial charge in [-0.3, -0.25) is 4.79 Å². The molecule has 1 aliphatic carbocycles. The van der Waals surface area contributed by atoms with E-state index >= 15 is 0 Å². The fourth-order valence-electron chi connectivity index (χ4n) is 1.87. The monoisotopic (exact) mass is 183 g/mol. The molecule has 1 rings (SSSR count). The predicted molar refractivity (Wildman–Crippen MR) is 47.1 cm³/mol. The third kappa shape index (κ3) is 2.95. The Morgan fingerprint density at radius 3 is 2.85 bits per heavy atom. The first-order valence-corrected chi connectivity index (χ1v) is 4.50. The van der Waals surface area contributed by atoms with E-state index in [-0.39, 0.29) is 18.4 Å². The summed E-state index contributed by atoms with van der Waals surface area (Å²) in [7, 11) is 0. The molecular formula is C8H13N3O2. The first-order chi connectivity index (χ1) is 6.24. The molecule has 0 aromatic carbocycles. The largest absolute Gasteiger partial charge is 0.481 e. The van der Waals surface area contributed by atoms with Crippen LogP contribution in [0.15, 0.2) is 5.11 Å². The summed E-state index contributed by atoms with van der Waals surface area (Å²) in [5, 5.41) is 12.3. The van der Waals surface area contributed by atoms with Gasteiger partial charge in [-0.15, -0.1) is 0 Å². The fraction of sp³-hybridized carbons (Fsp3) is 0.875. The Kier molecular flexibility index (Phi) is 3.58. The van der Waals surface area contributed by atoms with Gasteiger partial charge in [0.25, 0.3) is 0 Å². The second kappa shape index (κ2) is 4.72. The molecule has 0 spiro atoms. The number of hydrogen-bond donors (Lipinski definition) is 1. The number of aliphatic carboxylic acids is 1. The number of carboxylic acids is 1. The molecule has 13 heavy (non-hydrogen) atoms. The van der Waals surface area contributed by atoms with Gasteiger partial charge in [-0.2, -0.15) is 0 Å². The molecule has 72 valence electrons. The van der Waals surface area contributed by atoms with E-state index in [1.54, 1.807) is 0 Å². The van der Waals surface area contributed by atoms with Gasteiger partial charge in [0.15, 0.2) is 0 Å². The molecule has 1 N–H and O–H groups in total. The van der Waals surface area contributed by atoms with Crippen LogP contribution in [0.3, 0.4) is 0 Å². The van der Waals surface area contributed by atoms with Gasteiger partial charge in [0, 0.05) is 17.4 Å². The summed E-state index contributed by atoms with van der Waals surface area (Å²) >= 11 is 0. The van der Waals surface area contributed by atoms with Crippen LogP contribution >= 0.6 is 0 Å². The molecule has 2 atom stereocenters. The molecule has 5 heteroatoms. The minimum Gasteiger partial charge on any atom is -0.481 e. The molecule has 1 saturated carbocycles. The van der Waals surface area contributed by atoms with Gasteiger partial charge < -0.3 is 5.11 Å². The number of azide groups is 1. The van der Waals surface area contributed by atoms with Crippen molar-refractivity contribution in [2.75, 3.05) is 0 Å². The van der Waals surface area contributed by atoms with Crippen molar-refractivity contribution in [3.8, 4) is 0 Å². The lowest BCUT2D eigenvalue weighted by atomic mass is 9.83. The van der Waals surface area contributed by atoms with Gasteiger partial charge in [0.1, 0.15) is 0 Å². The lowest BCUT2D eigenvalue weighted by molar-refractivity contribution is -0.138. The van der Waals surface area contributed by atoms with Crippen molar-refractivity contribution in [3.63, 3.8) is 0 Å². The van der Waals surface area contributed by atoms with E-state index in [0.717, 1.165) is 25.7 Å². The highest BCUT2D eigenvalue weighted by atomic mass is 16.4. The van der Waals surface area contributed by atoms with Crippen LogP contribution < -0.4 is 0 Å². The molecule has 0 radical (unpaired) electrons. The molecule has 0 aromatic rings. The van der Waals surface area contributed by atoms with Crippen LogP contribution in [-0.4, -0.2) is 17.1 Å². The molecule has 0 saturated heterocycles. The minimum atomic E-state index is -0.801. The summed E-state index contributed by atoms with van der Waals surface area (Å²) in [5.74, 6) is -0.757. The molecule has 5 nitrogen and oxygen atoms in total. The zero-order chi connectivity index (χ0) is 9.68. The molecule has 0 amide bonds. The van der Waals surface area contributed by atoms with Crippen molar-refractivity contribution in [3.05, 3.63) is 10.4 Å². The number of carbonyl (C=O) groups is 1. The van der Waals surface area contributed by atoms with E-state index < -0.39 is 5.97 Å². The van der Waals surface area contributed by atoms with Crippen molar-refractivity contribution in [1.82, 2.24) is 0 Å². The molecular weight excluding hydrogens is 170 g/mol. The predicted octanol–water partition coefficient (Wildman–Crippen LogP) is 2.33. The quantitative estimate of drug-likeness (QED) is 0.413. The first kappa shape index (κ1) is 9.86. The lowest BCUT2D eigenvalue weighted by Gasteiger charge is -2.26. The van der Waals surface area contributed by atoms with Crippen LogP contribution in [0.5, 0.6) is 0 Å². The maximum Gasteiger partial charge on any atom is 0.303 e. The zero-order valence-corrected chi connectivity index (χ0v) is 7.39. The van der Waals surface area contributed by atoms with E-state index in [1.165, 1.54) is 0 Å². The van der Waals surface area contributed by atoms with E-state index in [2.05, 4.69) is 10.0 Å². The average molecular weight is 183 g/mol. The second-order valence-corrected chi connectivity index (χ2v) is 3.41. The van der Waals surface area contributed by atoms with Gasteiger partial charge in [-0.1, -0.05) is 18.0 Å². The Morgan fingerprint density at radius 1 is 1.54 bits per heavy atom. The summed E-state index contributed by atoms with van der Waals surface area (Å²) in [6, 6.07) is -0.102. The van der Waals surface area contributed by atoms with Crippen LogP contribution in [0.25, 0.3) is 10.4 Å². The average Bonchev–Trinajstić information content (AvgIpc) is 2.08. The Bertz CT molecular complexity index is 236. The number of carboxylic acid groups (broad SMARTS) is 1. The summed E-state index contributed by atoms with van der Waals surface area (Å²) in [6.07, 6.45) is 3.93. The highest BCUT2D eigenvalue weighted by Gasteiger charge is 2.25.